The Labute approximate surface area is 109 Å². The summed E-state index contributed by atoms with van der Waals surface area (Å²) in [4.78, 5) is 12.0. The van der Waals surface area contributed by atoms with E-state index in [2.05, 4.69) is 49.0 Å². The summed E-state index contributed by atoms with van der Waals surface area (Å²) in [6.45, 7) is 4.44. The van der Waals surface area contributed by atoms with Crippen LogP contribution in [0.25, 0.3) is 0 Å². The monoisotopic (exact) mass is 246 g/mol. The van der Waals surface area contributed by atoms with E-state index in [1.54, 1.807) is 7.05 Å². The molecule has 0 unspecified atom stereocenters. The maximum absolute atomic E-state index is 12.0. The van der Waals surface area contributed by atoms with Crippen molar-refractivity contribution in [2.75, 3.05) is 7.05 Å². The summed E-state index contributed by atoms with van der Waals surface area (Å²) in [5, 5.41) is 0. The Morgan fingerprint density at radius 3 is 2.33 bits per heavy atom. The molecule has 2 N–H and O–H groups in total. The molecule has 3 nitrogen and oxygen atoms in total. The van der Waals surface area contributed by atoms with Crippen molar-refractivity contribution in [3.05, 3.63) is 35.4 Å². The van der Waals surface area contributed by atoms with Gasteiger partial charge in [0.1, 0.15) is 0 Å². The maximum atomic E-state index is 12.0. The van der Waals surface area contributed by atoms with Gasteiger partial charge in [-0.1, -0.05) is 38.1 Å². The topological polar surface area (TPSA) is 41.1 Å². The molecule has 0 aromatic heterocycles. The second-order valence-electron chi connectivity index (χ2n) is 5.58. The van der Waals surface area contributed by atoms with Crippen LogP contribution in [0.1, 0.15) is 37.8 Å². The van der Waals surface area contributed by atoms with Crippen molar-refractivity contribution in [3.63, 3.8) is 0 Å². The molecule has 18 heavy (non-hydrogen) atoms. The fourth-order valence-corrected chi connectivity index (χ4v) is 2.44. The minimum absolute atomic E-state index is 0.0848. The average molecular weight is 246 g/mol. The second kappa shape index (κ2) is 5.11. The third-order valence-corrected chi connectivity index (χ3v) is 3.57. The van der Waals surface area contributed by atoms with Gasteiger partial charge in [-0.15, -0.1) is 0 Å². The Balaban J connectivity index is 2.12. The van der Waals surface area contributed by atoms with E-state index in [-0.39, 0.29) is 11.3 Å². The van der Waals surface area contributed by atoms with Gasteiger partial charge in [0.05, 0.1) is 5.41 Å². The normalized spacial score (nSPS) is 16.7. The summed E-state index contributed by atoms with van der Waals surface area (Å²) in [6.07, 6.45) is 2.99. The Hall–Kier alpha value is -1.35. The lowest BCUT2D eigenvalue weighted by Gasteiger charge is -2.16. The molecule has 1 fully saturated rings. The number of hydrazine groups is 1. The average Bonchev–Trinajstić information content (AvgIpc) is 3.11. The number of rotatable bonds is 5. The SMILES string of the molecule is CNNC(=O)C1(c2ccc(CC(C)C)cc2)CC1. The standard InChI is InChI=1S/C15H22N2O/c1-11(2)10-12-4-6-13(7-5-12)15(8-9-15)14(18)17-16-3/h4-7,11,16H,8-10H2,1-3H3,(H,17,18). The van der Waals surface area contributed by atoms with Crippen LogP contribution in [0.15, 0.2) is 24.3 Å². The predicted octanol–water partition coefficient (Wildman–Crippen LogP) is 2.17. The molecule has 0 saturated heterocycles. The number of carbonyl (C=O) groups is 1. The number of carbonyl (C=O) groups excluding carboxylic acids is 1. The van der Waals surface area contributed by atoms with Gasteiger partial charge >= 0.3 is 0 Å². The highest BCUT2D eigenvalue weighted by Gasteiger charge is 2.51. The lowest BCUT2D eigenvalue weighted by molar-refractivity contribution is -0.124. The van der Waals surface area contributed by atoms with E-state index in [0.29, 0.717) is 5.92 Å². The summed E-state index contributed by atoms with van der Waals surface area (Å²) in [7, 11) is 1.72. The molecule has 1 amide bonds. The van der Waals surface area contributed by atoms with E-state index < -0.39 is 0 Å². The van der Waals surface area contributed by atoms with Crippen LogP contribution in [0.4, 0.5) is 0 Å². The van der Waals surface area contributed by atoms with E-state index in [1.165, 1.54) is 5.56 Å². The molecular formula is C15H22N2O. The number of benzene rings is 1. The van der Waals surface area contributed by atoms with Gasteiger partial charge in [-0.2, -0.15) is 0 Å². The van der Waals surface area contributed by atoms with Crippen molar-refractivity contribution in [2.45, 2.75) is 38.5 Å². The first-order valence-electron chi connectivity index (χ1n) is 6.65. The number of nitrogens with one attached hydrogen (secondary N) is 2. The minimum atomic E-state index is -0.278. The smallest absolute Gasteiger partial charge is 0.244 e. The van der Waals surface area contributed by atoms with Gasteiger partial charge in [-0.05, 0) is 36.3 Å². The van der Waals surface area contributed by atoms with E-state index in [9.17, 15) is 4.79 Å². The molecule has 1 aliphatic carbocycles. The van der Waals surface area contributed by atoms with Gasteiger partial charge < -0.3 is 0 Å². The first-order chi connectivity index (χ1) is 8.58. The van der Waals surface area contributed by atoms with Gasteiger partial charge in [-0.25, -0.2) is 5.43 Å². The molecule has 1 saturated carbocycles. The molecule has 2 rings (SSSR count). The van der Waals surface area contributed by atoms with E-state index in [1.807, 2.05) is 0 Å². The summed E-state index contributed by atoms with van der Waals surface area (Å²) in [5.41, 5.74) is 7.63. The minimum Gasteiger partial charge on any atom is -0.291 e. The summed E-state index contributed by atoms with van der Waals surface area (Å²) in [5.74, 6) is 0.750. The molecule has 0 spiro atoms. The Bertz CT molecular complexity index is 419. The summed E-state index contributed by atoms with van der Waals surface area (Å²) in [6, 6.07) is 8.53. The molecule has 0 bridgehead atoms. The van der Waals surface area contributed by atoms with Crippen LogP contribution in [0.2, 0.25) is 0 Å². The lowest BCUT2D eigenvalue weighted by Crippen LogP contribution is -2.41. The van der Waals surface area contributed by atoms with Crippen molar-refractivity contribution in [1.82, 2.24) is 10.9 Å². The highest BCUT2D eigenvalue weighted by Crippen LogP contribution is 2.48. The van der Waals surface area contributed by atoms with E-state index in [0.717, 1.165) is 24.8 Å². The molecule has 1 aliphatic rings. The van der Waals surface area contributed by atoms with Crippen LogP contribution in [0, 0.1) is 5.92 Å². The molecule has 3 heteroatoms. The second-order valence-corrected chi connectivity index (χ2v) is 5.58. The largest absolute Gasteiger partial charge is 0.291 e. The van der Waals surface area contributed by atoms with Crippen molar-refractivity contribution in [3.8, 4) is 0 Å². The first kappa shape index (κ1) is 13.1. The number of hydrogen-bond donors (Lipinski definition) is 2. The quantitative estimate of drug-likeness (QED) is 0.782. The Morgan fingerprint density at radius 1 is 1.28 bits per heavy atom. The van der Waals surface area contributed by atoms with Crippen molar-refractivity contribution in [2.24, 2.45) is 5.92 Å². The molecule has 98 valence electrons. The zero-order valence-corrected chi connectivity index (χ0v) is 11.4. The zero-order chi connectivity index (χ0) is 13.2. The highest BCUT2D eigenvalue weighted by molar-refractivity contribution is 5.90. The molecule has 0 radical (unpaired) electrons. The summed E-state index contributed by atoms with van der Waals surface area (Å²) >= 11 is 0. The number of amides is 1. The third-order valence-electron chi connectivity index (χ3n) is 3.57. The summed E-state index contributed by atoms with van der Waals surface area (Å²) < 4.78 is 0. The van der Waals surface area contributed by atoms with E-state index >= 15 is 0 Å². The molecule has 0 heterocycles. The first-order valence-corrected chi connectivity index (χ1v) is 6.65. The van der Waals surface area contributed by atoms with Crippen LogP contribution in [0.5, 0.6) is 0 Å². The van der Waals surface area contributed by atoms with Crippen LogP contribution in [0.3, 0.4) is 0 Å². The van der Waals surface area contributed by atoms with Crippen molar-refractivity contribution >= 4 is 5.91 Å². The van der Waals surface area contributed by atoms with Gasteiger partial charge in [0, 0.05) is 7.05 Å². The molecular weight excluding hydrogens is 224 g/mol. The Morgan fingerprint density at radius 2 is 1.89 bits per heavy atom. The molecule has 1 aromatic carbocycles. The van der Waals surface area contributed by atoms with Crippen LogP contribution >= 0.6 is 0 Å². The highest BCUT2D eigenvalue weighted by atomic mass is 16.2. The molecule has 0 aliphatic heterocycles. The predicted molar refractivity (Wildman–Crippen MR) is 73.1 cm³/mol. The van der Waals surface area contributed by atoms with Crippen LogP contribution in [-0.2, 0) is 16.6 Å². The Kier molecular flexibility index (Phi) is 3.71. The lowest BCUT2D eigenvalue weighted by atomic mass is 9.93. The zero-order valence-electron chi connectivity index (χ0n) is 11.4. The fourth-order valence-electron chi connectivity index (χ4n) is 2.44. The fraction of sp³-hybridized carbons (Fsp3) is 0.533. The van der Waals surface area contributed by atoms with Gasteiger partial charge in [0.2, 0.25) is 5.91 Å². The van der Waals surface area contributed by atoms with Gasteiger partial charge in [-0.3, -0.25) is 10.2 Å². The van der Waals surface area contributed by atoms with Crippen LogP contribution in [-0.4, -0.2) is 13.0 Å². The van der Waals surface area contributed by atoms with Crippen LogP contribution < -0.4 is 10.9 Å². The van der Waals surface area contributed by atoms with Crippen molar-refractivity contribution in [1.29, 1.82) is 0 Å². The van der Waals surface area contributed by atoms with Gasteiger partial charge in [0.25, 0.3) is 0 Å². The third kappa shape index (κ3) is 2.56. The maximum Gasteiger partial charge on any atom is 0.244 e. The van der Waals surface area contributed by atoms with E-state index in [4.69, 9.17) is 0 Å². The number of hydrogen-bond acceptors (Lipinski definition) is 2. The van der Waals surface area contributed by atoms with Crippen molar-refractivity contribution < 1.29 is 4.79 Å². The van der Waals surface area contributed by atoms with Gasteiger partial charge in [0.15, 0.2) is 0 Å². The molecule has 0 atom stereocenters. The molecule has 1 aromatic rings.